The molecule has 0 bridgehead atoms. The summed E-state index contributed by atoms with van der Waals surface area (Å²) in [5.74, 6) is -0.424. The minimum atomic E-state index is -0.945. The number of carboxylic acids is 1. The van der Waals surface area contributed by atoms with Gasteiger partial charge in [-0.2, -0.15) is 0 Å². The van der Waals surface area contributed by atoms with Crippen LogP contribution in [0.15, 0.2) is 42.6 Å². The van der Waals surface area contributed by atoms with Crippen LogP contribution in [0.4, 0.5) is 11.5 Å². The van der Waals surface area contributed by atoms with Crippen molar-refractivity contribution in [2.24, 2.45) is 0 Å². The van der Waals surface area contributed by atoms with Crippen molar-refractivity contribution in [3.63, 3.8) is 0 Å². The molecule has 0 aliphatic carbocycles. The molecule has 0 fully saturated rings. The molecule has 0 amide bonds. The number of carbonyl (C=O) groups is 1. The van der Waals surface area contributed by atoms with E-state index in [1.165, 1.54) is 5.56 Å². The monoisotopic (exact) mass is 254 g/mol. The molecule has 96 valence electrons. The average Bonchev–Trinajstić information content (AvgIpc) is 2.74. The van der Waals surface area contributed by atoms with E-state index in [0.717, 1.165) is 12.1 Å². The Morgan fingerprint density at radius 1 is 1.32 bits per heavy atom. The second-order valence-corrected chi connectivity index (χ2v) is 4.73. The van der Waals surface area contributed by atoms with Gasteiger partial charge < -0.3 is 10.0 Å². The molecule has 1 N–H and O–H groups in total. The van der Waals surface area contributed by atoms with E-state index in [-0.39, 0.29) is 11.6 Å². The second kappa shape index (κ2) is 4.39. The van der Waals surface area contributed by atoms with E-state index in [0.29, 0.717) is 5.82 Å². The van der Waals surface area contributed by atoms with Gasteiger partial charge >= 0.3 is 5.97 Å². The maximum absolute atomic E-state index is 11.3. The first-order chi connectivity index (χ1) is 9.18. The van der Waals surface area contributed by atoms with Gasteiger partial charge in [0.2, 0.25) is 0 Å². The summed E-state index contributed by atoms with van der Waals surface area (Å²) < 4.78 is 0. The summed E-state index contributed by atoms with van der Waals surface area (Å²) in [7, 11) is 0. The summed E-state index contributed by atoms with van der Waals surface area (Å²) in [4.78, 5) is 17.6. The molecule has 4 nitrogen and oxygen atoms in total. The van der Waals surface area contributed by atoms with Gasteiger partial charge in [0.15, 0.2) is 0 Å². The third-order valence-electron chi connectivity index (χ3n) is 3.45. The normalized spacial score (nSPS) is 17.3. The molecule has 0 radical (unpaired) electrons. The zero-order valence-corrected chi connectivity index (χ0v) is 10.6. The van der Waals surface area contributed by atoms with Crippen LogP contribution in [0.3, 0.4) is 0 Å². The van der Waals surface area contributed by atoms with Gasteiger partial charge in [-0.3, -0.25) is 0 Å². The van der Waals surface area contributed by atoms with Gasteiger partial charge in [0.1, 0.15) is 11.4 Å². The van der Waals surface area contributed by atoms with Gasteiger partial charge in [-0.15, -0.1) is 0 Å². The van der Waals surface area contributed by atoms with E-state index in [2.05, 4.69) is 18.0 Å². The molecular weight excluding hydrogens is 240 g/mol. The van der Waals surface area contributed by atoms with Crippen LogP contribution < -0.4 is 4.90 Å². The van der Waals surface area contributed by atoms with E-state index in [1.807, 2.05) is 23.1 Å². The van der Waals surface area contributed by atoms with Crippen molar-refractivity contribution in [3.05, 3.63) is 53.7 Å². The van der Waals surface area contributed by atoms with E-state index in [9.17, 15) is 9.90 Å². The van der Waals surface area contributed by atoms with Crippen LogP contribution in [-0.4, -0.2) is 22.1 Å². The number of rotatable bonds is 2. The average molecular weight is 254 g/mol. The summed E-state index contributed by atoms with van der Waals surface area (Å²) in [6.07, 6.45) is 2.54. The number of fused-ring (bicyclic) bond motifs is 1. The lowest BCUT2D eigenvalue weighted by molar-refractivity contribution is 0.0697. The van der Waals surface area contributed by atoms with E-state index >= 15 is 0 Å². The molecule has 1 unspecified atom stereocenters. The number of para-hydroxylation sites is 1. The minimum absolute atomic E-state index is 0.213. The molecule has 1 aliphatic rings. The summed E-state index contributed by atoms with van der Waals surface area (Å²) >= 11 is 0. The molecule has 4 heteroatoms. The van der Waals surface area contributed by atoms with Crippen LogP contribution in [0, 0.1) is 0 Å². The van der Waals surface area contributed by atoms with Gasteiger partial charge in [0.05, 0.1) is 0 Å². The topological polar surface area (TPSA) is 53.4 Å². The fraction of sp³-hybridized carbons (Fsp3) is 0.200. The standard InChI is InChI=1S/C15H14N2O2/c1-10-9-11-5-2-3-7-13(11)17(10)14-12(15(18)19)6-4-8-16-14/h2-8,10H,9H2,1H3,(H,18,19). The molecule has 0 spiro atoms. The lowest BCUT2D eigenvalue weighted by atomic mass is 10.1. The van der Waals surface area contributed by atoms with Gasteiger partial charge in [-0.1, -0.05) is 18.2 Å². The third-order valence-corrected chi connectivity index (χ3v) is 3.45. The molecule has 1 aromatic heterocycles. The van der Waals surface area contributed by atoms with E-state index in [1.54, 1.807) is 18.3 Å². The lowest BCUT2D eigenvalue weighted by Crippen LogP contribution is -2.26. The molecule has 3 rings (SSSR count). The molecule has 2 heterocycles. The van der Waals surface area contributed by atoms with Crippen molar-refractivity contribution in [3.8, 4) is 0 Å². The first kappa shape index (κ1) is 11.7. The maximum atomic E-state index is 11.3. The number of anilines is 2. The van der Waals surface area contributed by atoms with Crippen molar-refractivity contribution in [2.75, 3.05) is 4.90 Å². The SMILES string of the molecule is CC1Cc2ccccc2N1c1ncccc1C(=O)O. The van der Waals surface area contributed by atoms with Gasteiger partial charge in [0.25, 0.3) is 0 Å². The van der Waals surface area contributed by atoms with Gasteiger partial charge in [-0.05, 0) is 37.1 Å². The minimum Gasteiger partial charge on any atom is -0.478 e. The van der Waals surface area contributed by atoms with Crippen LogP contribution in [-0.2, 0) is 6.42 Å². The molecular formula is C15H14N2O2. The van der Waals surface area contributed by atoms with Crippen molar-refractivity contribution in [2.45, 2.75) is 19.4 Å². The van der Waals surface area contributed by atoms with E-state index < -0.39 is 5.97 Å². The lowest BCUT2D eigenvalue weighted by Gasteiger charge is -2.25. The molecule has 19 heavy (non-hydrogen) atoms. The first-order valence-electron chi connectivity index (χ1n) is 6.24. The predicted octanol–water partition coefficient (Wildman–Crippen LogP) is 2.86. The Hall–Kier alpha value is -2.36. The zero-order valence-electron chi connectivity index (χ0n) is 10.6. The van der Waals surface area contributed by atoms with Crippen molar-refractivity contribution >= 4 is 17.5 Å². The summed E-state index contributed by atoms with van der Waals surface area (Å²) in [5.41, 5.74) is 2.53. The number of pyridine rings is 1. The molecule has 1 aromatic carbocycles. The first-order valence-corrected chi connectivity index (χ1v) is 6.24. The predicted molar refractivity (Wildman–Crippen MR) is 72.9 cm³/mol. The number of nitrogens with zero attached hydrogens (tertiary/aromatic N) is 2. The summed E-state index contributed by atoms with van der Waals surface area (Å²) in [5, 5.41) is 9.29. The van der Waals surface area contributed by atoms with Crippen molar-refractivity contribution < 1.29 is 9.90 Å². The number of aromatic carboxylic acids is 1. The summed E-state index contributed by atoms with van der Waals surface area (Å²) in [6.45, 7) is 2.08. The fourth-order valence-electron chi connectivity index (χ4n) is 2.64. The molecule has 0 saturated carbocycles. The third kappa shape index (κ3) is 1.85. The van der Waals surface area contributed by atoms with Gasteiger partial charge in [-0.25, -0.2) is 9.78 Å². The van der Waals surface area contributed by atoms with Gasteiger partial charge in [0, 0.05) is 17.9 Å². The quantitative estimate of drug-likeness (QED) is 0.895. The molecule has 1 aliphatic heterocycles. The van der Waals surface area contributed by atoms with Crippen molar-refractivity contribution in [1.82, 2.24) is 4.98 Å². The van der Waals surface area contributed by atoms with Crippen LogP contribution in [0.5, 0.6) is 0 Å². The highest BCUT2D eigenvalue weighted by atomic mass is 16.4. The largest absolute Gasteiger partial charge is 0.478 e. The van der Waals surface area contributed by atoms with Crippen LogP contribution >= 0.6 is 0 Å². The highest BCUT2D eigenvalue weighted by molar-refractivity contribution is 5.94. The highest BCUT2D eigenvalue weighted by Crippen LogP contribution is 2.38. The molecule has 2 aromatic rings. The maximum Gasteiger partial charge on any atom is 0.339 e. The van der Waals surface area contributed by atoms with Crippen LogP contribution in [0.1, 0.15) is 22.8 Å². The number of carboxylic acid groups (broad SMARTS) is 1. The number of hydrogen-bond donors (Lipinski definition) is 1. The second-order valence-electron chi connectivity index (χ2n) is 4.73. The Balaban J connectivity index is 2.15. The Bertz CT molecular complexity index is 640. The molecule has 0 saturated heterocycles. The fourth-order valence-corrected chi connectivity index (χ4v) is 2.64. The van der Waals surface area contributed by atoms with Crippen LogP contribution in [0.2, 0.25) is 0 Å². The highest BCUT2D eigenvalue weighted by Gasteiger charge is 2.30. The number of benzene rings is 1. The Morgan fingerprint density at radius 3 is 2.89 bits per heavy atom. The molecule has 1 atom stereocenters. The van der Waals surface area contributed by atoms with E-state index in [4.69, 9.17) is 0 Å². The summed E-state index contributed by atoms with van der Waals surface area (Å²) in [6, 6.07) is 11.5. The Labute approximate surface area is 111 Å². The Kier molecular flexibility index (Phi) is 2.71. The Morgan fingerprint density at radius 2 is 2.11 bits per heavy atom. The number of aromatic nitrogens is 1. The van der Waals surface area contributed by atoms with Crippen molar-refractivity contribution in [1.29, 1.82) is 0 Å². The zero-order chi connectivity index (χ0) is 13.4. The smallest absolute Gasteiger partial charge is 0.339 e. The van der Waals surface area contributed by atoms with Crippen LogP contribution in [0.25, 0.3) is 0 Å². The number of hydrogen-bond acceptors (Lipinski definition) is 3.